The number of carboxylic acids is 1. The molecule has 1 amide bonds. The molecule has 5 heteroatoms. The van der Waals surface area contributed by atoms with Crippen LogP contribution >= 0.6 is 0 Å². The first-order valence-corrected chi connectivity index (χ1v) is 6.00. The molecule has 0 heterocycles. The average molecular weight is 281 g/mol. The maximum atomic E-state index is 11.6. The number of aromatic carboxylic acids is 1. The smallest absolute Gasteiger partial charge is 0.339 e. The number of nitrogens with one attached hydrogen (secondary N) is 1. The predicted molar refractivity (Wildman–Crippen MR) is 77.0 cm³/mol. The monoisotopic (exact) mass is 281 g/mol. The van der Waals surface area contributed by atoms with Gasteiger partial charge in [-0.05, 0) is 24.3 Å². The zero-order valence-electron chi connectivity index (χ0n) is 10.8. The van der Waals surface area contributed by atoms with E-state index < -0.39 is 17.6 Å². The summed E-state index contributed by atoms with van der Waals surface area (Å²) in [6.45, 7) is 0. The maximum Gasteiger partial charge on any atom is 0.339 e. The fraction of sp³-hybridized carbons (Fsp3) is 0. The van der Waals surface area contributed by atoms with Gasteiger partial charge >= 0.3 is 11.9 Å². The second-order valence-corrected chi connectivity index (χ2v) is 4.11. The highest BCUT2D eigenvalue weighted by molar-refractivity contribution is 6.04. The zero-order valence-corrected chi connectivity index (χ0v) is 10.8. The van der Waals surface area contributed by atoms with Crippen LogP contribution in [0.25, 0.3) is 0 Å². The summed E-state index contributed by atoms with van der Waals surface area (Å²) in [6, 6.07) is 12.8. The van der Waals surface area contributed by atoms with Crippen LogP contribution in [-0.4, -0.2) is 22.1 Å². The third kappa shape index (κ3) is 3.85. The molecule has 5 nitrogen and oxygen atoms in total. The van der Waals surface area contributed by atoms with Crippen molar-refractivity contribution in [2.75, 3.05) is 5.32 Å². The summed E-state index contributed by atoms with van der Waals surface area (Å²) in [5.74, 6) is 2.88. The molecule has 0 fully saturated rings. The largest absolute Gasteiger partial charge is 0.507 e. The number of carbonyl (C=O) groups is 2. The third-order valence-electron chi connectivity index (χ3n) is 2.58. The van der Waals surface area contributed by atoms with Crippen molar-refractivity contribution < 1.29 is 19.8 Å². The van der Waals surface area contributed by atoms with E-state index >= 15 is 0 Å². The van der Waals surface area contributed by atoms with Gasteiger partial charge in [-0.15, -0.1) is 0 Å². The van der Waals surface area contributed by atoms with Crippen LogP contribution in [0.1, 0.15) is 15.9 Å². The van der Waals surface area contributed by atoms with Gasteiger partial charge in [-0.3, -0.25) is 4.79 Å². The van der Waals surface area contributed by atoms with Crippen molar-refractivity contribution in [2.45, 2.75) is 0 Å². The molecule has 0 saturated carbocycles. The molecule has 0 aliphatic rings. The molecular weight excluding hydrogens is 270 g/mol. The van der Waals surface area contributed by atoms with E-state index in [-0.39, 0.29) is 11.3 Å². The number of benzene rings is 2. The van der Waals surface area contributed by atoms with Gasteiger partial charge in [-0.1, -0.05) is 24.1 Å². The van der Waals surface area contributed by atoms with Crippen LogP contribution in [0.2, 0.25) is 0 Å². The number of hydrogen-bond acceptors (Lipinski definition) is 3. The van der Waals surface area contributed by atoms with Gasteiger partial charge < -0.3 is 15.5 Å². The molecule has 2 aromatic carbocycles. The number of amides is 1. The normalized spacial score (nSPS) is 9.33. The number of phenols is 1. The minimum Gasteiger partial charge on any atom is -0.507 e. The average Bonchev–Trinajstić information content (AvgIpc) is 2.46. The Morgan fingerprint density at radius 1 is 1.05 bits per heavy atom. The van der Waals surface area contributed by atoms with E-state index in [0.29, 0.717) is 5.56 Å². The number of carboxylic acid groups (broad SMARTS) is 1. The fourth-order valence-corrected chi connectivity index (χ4v) is 1.60. The fourth-order valence-electron chi connectivity index (χ4n) is 1.60. The van der Waals surface area contributed by atoms with E-state index in [9.17, 15) is 14.7 Å². The van der Waals surface area contributed by atoms with Crippen LogP contribution in [0.4, 0.5) is 5.69 Å². The van der Waals surface area contributed by atoms with Crippen LogP contribution in [0.3, 0.4) is 0 Å². The van der Waals surface area contributed by atoms with Gasteiger partial charge in [0.05, 0.1) is 0 Å². The number of anilines is 1. The van der Waals surface area contributed by atoms with Gasteiger partial charge in [0.1, 0.15) is 11.3 Å². The molecule has 0 bridgehead atoms. The summed E-state index contributed by atoms with van der Waals surface area (Å²) < 4.78 is 0. The van der Waals surface area contributed by atoms with Crippen molar-refractivity contribution in [1.82, 2.24) is 0 Å². The van der Waals surface area contributed by atoms with Crippen molar-refractivity contribution in [3.63, 3.8) is 0 Å². The van der Waals surface area contributed by atoms with Crippen molar-refractivity contribution in [3.05, 3.63) is 59.7 Å². The van der Waals surface area contributed by atoms with Crippen LogP contribution in [0, 0.1) is 11.8 Å². The Morgan fingerprint density at radius 2 is 1.76 bits per heavy atom. The first-order chi connectivity index (χ1) is 10.1. The Morgan fingerprint density at radius 3 is 2.38 bits per heavy atom. The third-order valence-corrected chi connectivity index (χ3v) is 2.58. The van der Waals surface area contributed by atoms with E-state index in [0.717, 1.165) is 6.07 Å². The molecule has 0 spiro atoms. The summed E-state index contributed by atoms with van der Waals surface area (Å²) in [4.78, 5) is 22.4. The quantitative estimate of drug-likeness (QED) is 0.735. The summed E-state index contributed by atoms with van der Waals surface area (Å²) >= 11 is 0. The number of carbonyl (C=O) groups excluding carboxylic acids is 1. The Labute approximate surface area is 120 Å². The number of hydrogen-bond donors (Lipinski definition) is 3. The summed E-state index contributed by atoms with van der Waals surface area (Å²) in [6.07, 6.45) is 0. The molecule has 0 aliphatic heterocycles. The Hall–Kier alpha value is -3.26. The summed E-state index contributed by atoms with van der Waals surface area (Å²) in [5, 5.41) is 20.7. The second-order valence-electron chi connectivity index (χ2n) is 4.11. The van der Waals surface area contributed by atoms with Crippen molar-refractivity contribution in [2.24, 2.45) is 0 Å². The number of rotatable bonds is 2. The van der Waals surface area contributed by atoms with Gasteiger partial charge in [0.25, 0.3) is 0 Å². The SMILES string of the molecule is O=C(C#Cc1ccccc1)Nc1ccc(C(=O)O)c(O)c1. The van der Waals surface area contributed by atoms with Crippen LogP contribution in [0.5, 0.6) is 5.75 Å². The molecule has 3 N–H and O–H groups in total. The minimum absolute atomic E-state index is 0.233. The van der Waals surface area contributed by atoms with Crippen LogP contribution < -0.4 is 5.32 Å². The predicted octanol–water partition coefficient (Wildman–Crippen LogP) is 2.08. The molecule has 0 aliphatic carbocycles. The standard InChI is InChI=1S/C16H11NO4/c18-14-10-12(7-8-13(14)16(20)21)17-15(19)9-6-11-4-2-1-3-5-11/h1-5,7-8,10,18H,(H,17,19)(H,20,21). The Bertz CT molecular complexity index is 742. The van der Waals surface area contributed by atoms with Crippen LogP contribution in [-0.2, 0) is 4.79 Å². The first kappa shape index (κ1) is 14.2. The molecule has 0 aromatic heterocycles. The summed E-state index contributed by atoms with van der Waals surface area (Å²) in [7, 11) is 0. The molecule has 0 saturated heterocycles. The van der Waals surface area contributed by atoms with Gasteiger partial charge in [0.2, 0.25) is 0 Å². The second kappa shape index (κ2) is 6.26. The highest BCUT2D eigenvalue weighted by atomic mass is 16.4. The summed E-state index contributed by atoms with van der Waals surface area (Å²) in [5.41, 5.74) is 0.741. The lowest BCUT2D eigenvalue weighted by Crippen LogP contribution is -2.09. The molecule has 2 rings (SSSR count). The molecule has 0 atom stereocenters. The van der Waals surface area contributed by atoms with E-state index in [1.807, 2.05) is 18.2 Å². The van der Waals surface area contributed by atoms with Gasteiger partial charge in [-0.2, -0.15) is 0 Å². The lowest BCUT2D eigenvalue weighted by molar-refractivity contribution is -0.111. The highest BCUT2D eigenvalue weighted by Gasteiger charge is 2.10. The van der Waals surface area contributed by atoms with Gasteiger partial charge in [0.15, 0.2) is 0 Å². The van der Waals surface area contributed by atoms with E-state index in [1.165, 1.54) is 12.1 Å². The molecule has 0 unspecified atom stereocenters. The van der Waals surface area contributed by atoms with E-state index in [4.69, 9.17) is 5.11 Å². The molecule has 104 valence electrons. The Kier molecular flexibility index (Phi) is 4.22. The highest BCUT2D eigenvalue weighted by Crippen LogP contribution is 2.21. The van der Waals surface area contributed by atoms with Crippen LogP contribution in [0.15, 0.2) is 48.5 Å². The first-order valence-electron chi connectivity index (χ1n) is 6.00. The van der Waals surface area contributed by atoms with E-state index in [2.05, 4.69) is 17.2 Å². The lowest BCUT2D eigenvalue weighted by atomic mass is 10.2. The number of aromatic hydroxyl groups is 1. The lowest BCUT2D eigenvalue weighted by Gasteiger charge is -2.04. The van der Waals surface area contributed by atoms with Crippen molar-refractivity contribution >= 4 is 17.6 Å². The zero-order chi connectivity index (χ0) is 15.2. The molecule has 0 radical (unpaired) electrons. The maximum absolute atomic E-state index is 11.6. The van der Waals surface area contributed by atoms with Crippen molar-refractivity contribution in [3.8, 4) is 17.6 Å². The molecule has 21 heavy (non-hydrogen) atoms. The van der Waals surface area contributed by atoms with Gasteiger partial charge in [0, 0.05) is 23.2 Å². The minimum atomic E-state index is -1.24. The topological polar surface area (TPSA) is 86.6 Å². The van der Waals surface area contributed by atoms with E-state index in [1.54, 1.807) is 12.1 Å². The molecular formula is C16H11NO4. The van der Waals surface area contributed by atoms with Crippen molar-refractivity contribution in [1.29, 1.82) is 0 Å². The molecule has 2 aromatic rings. The van der Waals surface area contributed by atoms with Gasteiger partial charge in [-0.25, -0.2) is 4.79 Å². The Balaban J connectivity index is 2.09.